The molecule has 1 N–H and O–H groups in total. The first-order valence-corrected chi connectivity index (χ1v) is 8.77. The quantitative estimate of drug-likeness (QED) is 0.773. The first-order chi connectivity index (χ1) is 11.7. The van der Waals surface area contributed by atoms with Gasteiger partial charge in [-0.15, -0.1) is 11.3 Å². The molecule has 1 aromatic carbocycles. The minimum Gasteiger partial charge on any atom is -0.447 e. The Morgan fingerprint density at radius 1 is 1.38 bits per heavy atom. The summed E-state index contributed by atoms with van der Waals surface area (Å²) < 4.78 is 7.01. The molecule has 1 saturated heterocycles. The number of aromatic nitrogens is 2. The molecular weight excluding hydrogens is 324 g/mol. The molecule has 0 radical (unpaired) electrons. The highest BCUT2D eigenvalue weighted by atomic mass is 32.1. The first kappa shape index (κ1) is 15.2. The summed E-state index contributed by atoms with van der Waals surface area (Å²) in [5, 5.41) is 5.51. The fraction of sp³-hybridized carbons (Fsp3) is 0.294. The number of benzene rings is 1. The van der Waals surface area contributed by atoms with Crippen LogP contribution in [0.25, 0.3) is 4.96 Å². The van der Waals surface area contributed by atoms with Gasteiger partial charge in [-0.3, -0.25) is 9.30 Å². The van der Waals surface area contributed by atoms with Crippen molar-refractivity contribution in [3.8, 4) is 0 Å². The number of ether oxygens (including phenoxy) is 1. The van der Waals surface area contributed by atoms with E-state index in [0.717, 1.165) is 22.9 Å². The van der Waals surface area contributed by atoms with Crippen LogP contribution in [0.2, 0.25) is 0 Å². The van der Waals surface area contributed by atoms with Gasteiger partial charge in [-0.25, -0.2) is 9.78 Å². The molecule has 3 heterocycles. The molecule has 0 unspecified atom stereocenters. The first-order valence-electron chi connectivity index (χ1n) is 7.89. The zero-order valence-corrected chi connectivity index (χ0v) is 14.1. The van der Waals surface area contributed by atoms with Crippen molar-refractivity contribution < 1.29 is 9.53 Å². The van der Waals surface area contributed by atoms with Crippen molar-refractivity contribution in [1.29, 1.82) is 0 Å². The SMILES string of the molecule is C[C@@H](NCc1cn2ccsc2n1)c1ccc(N2CCOC2=O)cc1. The van der Waals surface area contributed by atoms with Crippen LogP contribution in [-0.2, 0) is 11.3 Å². The van der Waals surface area contributed by atoms with E-state index >= 15 is 0 Å². The predicted molar refractivity (Wildman–Crippen MR) is 93.5 cm³/mol. The van der Waals surface area contributed by atoms with E-state index in [1.807, 2.05) is 46.4 Å². The number of anilines is 1. The number of nitrogens with zero attached hydrogens (tertiary/aromatic N) is 3. The zero-order valence-electron chi connectivity index (χ0n) is 13.3. The lowest BCUT2D eigenvalue weighted by Gasteiger charge is -2.16. The number of fused-ring (bicyclic) bond motifs is 1. The standard InChI is InChI=1S/C17H18N4O2S/c1-12(18-10-14-11-20-7-9-24-16(20)19-14)13-2-4-15(5-3-13)21-6-8-23-17(21)22/h2-5,7,9,11-12,18H,6,8,10H2,1H3/t12-/m1/s1. The molecule has 2 aromatic heterocycles. The summed E-state index contributed by atoms with van der Waals surface area (Å²) >= 11 is 1.63. The molecule has 1 amide bonds. The maximum Gasteiger partial charge on any atom is 0.414 e. The third-order valence-corrected chi connectivity index (χ3v) is 4.97. The summed E-state index contributed by atoms with van der Waals surface area (Å²) in [6.45, 7) is 3.91. The second-order valence-corrected chi connectivity index (χ2v) is 6.66. The second-order valence-electron chi connectivity index (χ2n) is 5.79. The molecule has 24 heavy (non-hydrogen) atoms. The predicted octanol–water partition coefficient (Wildman–Crippen LogP) is 3.20. The van der Waals surface area contributed by atoms with Crippen molar-refractivity contribution in [3.05, 3.63) is 53.3 Å². The van der Waals surface area contributed by atoms with Crippen LogP contribution in [0.15, 0.2) is 42.0 Å². The molecule has 3 aromatic rings. The third-order valence-electron chi connectivity index (χ3n) is 4.20. The number of nitrogens with one attached hydrogen (secondary N) is 1. The number of carbonyl (C=O) groups excluding carboxylic acids is 1. The summed E-state index contributed by atoms with van der Waals surface area (Å²) in [6, 6.07) is 8.22. The number of carbonyl (C=O) groups is 1. The highest BCUT2D eigenvalue weighted by Crippen LogP contribution is 2.22. The highest BCUT2D eigenvalue weighted by molar-refractivity contribution is 7.15. The van der Waals surface area contributed by atoms with Crippen molar-refractivity contribution in [3.63, 3.8) is 0 Å². The molecule has 0 spiro atoms. The van der Waals surface area contributed by atoms with Crippen molar-refractivity contribution in [2.24, 2.45) is 0 Å². The molecule has 0 aliphatic carbocycles. The Hall–Kier alpha value is -2.38. The maximum atomic E-state index is 11.6. The molecule has 4 rings (SSSR count). The normalized spacial score (nSPS) is 15.9. The molecule has 6 nitrogen and oxygen atoms in total. The van der Waals surface area contributed by atoms with Crippen LogP contribution in [0.1, 0.15) is 24.2 Å². The fourth-order valence-electron chi connectivity index (χ4n) is 2.81. The highest BCUT2D eigenvalue weighted by Gasteiger charge is 2.23. The third kappa shape index (κ3) is 2.88. The molecule has 0 saturated carbocycles. The van der Waals surface area contributed by atoms with E-state index in [1.165, 1.54) is 5.56 Å². The molecule has 1 atom stereocenters. The summed E-state index contributed by atoms with van der Waals surface area (Å²) in [6.07, 6.45) is 3.80. The molecule has 124 valence electrons. The number of hydrogen-bond donors (Lipinski definition) is 1. The van der Waals surface area contributed by atoms with Gasteiger partial charge < -0.3 is 10.1 Å². The summed E-state index contributed by atoms with van der Waals surface area (Å²) in [7, 11) is 0. The topological polar surface area (TPSA) is 58.9 Å². The van der Waals surface area contributed by atoms with E-state index in [1.54, 1.807) is 16.2 Å². The molecule has 0 bridgehead atoms. The van der Waals surface area contributed by atoms with Gasteiger partial charge in [0, 0.05) is 36.0 Å². The van der Waals surface area contributed by atoms with E-state index in [-0.39, 0.29) is 12.1 Å². The van der Waals surface area contributed by atoms with Gasteiger partial charge in [0.1, 0.15) is 6.61 Å². The van der Waals surface area contributed by atoms with Crippen molar-refractivity contribution in [1.82, 2.24) is 14.7 Å². The van der Waals surface area contributed by atoms with Crippen LogP contribution in [0.4, 0.5) is 10.5 Å². The molecule has 7 heteroatoms. The van der Waals surface area contributed by atoms with E-state index in [9.17, 15) is 4.79 Å². The van der Waals surface area contributed by atoms with E-state index in [0.29, 0.717) is 13.2 Å². The number of hydrogen-bond acceptors (Lipinski definition) is 5. The minimum absolute atomic E-state index is 0.198. The smallest absolute Gasteiger partial charge is 0.414 e. The Morgan fingerprint density at radius 3 is 2.92 bits per heavy atom. The van der Waals surface area contributed by atoms with Crippen molar-refractivity contribution >= 4 is 28.1 Å². The Labute approximate surface area is 143 Å². The van der Waals surface area contributed by atoms with E-state index < -0.39 is 0 Å². The second kappa shape index (κ2) is 6.26. The van der Waals surface area contributed by atoms with Gasteiger partial charge in [-0.05, 0) is 24.6 Å². The monoisotopic (exact) mass is 342 g/mol. The fourth-order valence-corrected chi connectivity index (χ4v) is 3.53. The van der Waals surface area contributed by atoms with E-state index in [4.69, 9.17) is 4.74 Å². The molecule has 1 aliphatic rings. The van der Waals surface area contributed by atoms with Crippen LogP contribution >= 0.6 is 11.3 Å². The number of cyclic esters (lactones) is 1. The number of imidazole rings is 1. The van der Waals surface area contributed by atoms with Gasteiger partial charge in [-0.2, -0.15) is 0 Å². The maximum absolute atomic E-state index is 11.6. The average molecular weight is 342 g/mol. The lowest BCUT2D eigenvalue weighted by molar-refractivity contribution is 0.181. The van der Waals surface area contributed by atoms with Gasteiger partial charge in [-0.1, -0.05) is 12.1 Å². The number of rotatable bonds is 5. The van der Waals surface area contributed by atoms with Gasteiger partial charge in [0.25, 0.3) is 0 Å². The Bertz CT molecular complexity index is 826. The largest absolute Gasteiger partial charge is 0.447 e. The zero-order chi connectivity index (χ0) is 16.5. The Morgan fingerprint density at radius 2 is 2.21 bits per heavy atom. The summed E-state index contributed by atoms with van der Waals surface area (Å²) in [4.78, 5) is 18.8. The lowest BCUT2D eigenvalue weighted by atomic mass is 10.1. The van der Waals surface area contributed by atoms with Crippen LogP contribution in [0.3, 0.4) is 0 Å². The number of thiazole rings is 1. The van der Waals surface area contributed by atoms with E-state index in [2.05, 4.69) is 17.2 Å². The van der Waals surface area contributed by atoms with Crippen LogP contribution in [0.5, 0.6) is 0 Å². The minimum atomic E-state index is -0.270. The lowest BCUT2D eigenvalue weighted by Crippen LogP contribution is -2.23. The van der Waals surface area contributed by atoms with Gasteiger partial charge >= 0.3 is 6.09 Å². The Kier molecular flexibility index (Phi) is 3.95. The van der Waals surface area contributed by atoms with Crippen LogP contribution in [0, 0.1) is 0 Å². The average Bonchev–Trinajstić information content (AvgIpc) is 3.28. The molecule has 1 fully saturated rings. The summed E-state index contributed by atoms with van der Waals surface area (Å²) in [5.74, 6) is 0. The van der Waals surface area contributed by atoms with Crippen LogP contribution in [-0.4, -0.2) is 28.6 Å². The Balaban J connectivity index is 1.39. The summed E-state index contributed by atoms with van der Waals surface area (Å²) in [5.41, 5.74) is 3.08. The van der Waals surface area contributed by atoms with Crippen molar-refractivity contribution in [2.75, 3.05) is 18.1 Å². The van der Waals surface area contributed by atoms with Crippen LogP contribution < -0.4 is 10.2 Å². The molecule has 1 aliphatic heterocycles. The van der Waals surface area contributed by atoms with Gasteiger partial charge in [0.05, 0.1) is 12.2 Å². The van der Waals surface area contributed by atoms with Crippen molar-refractivity contribution in [2.45, 2.75) is 19.5 Å². The molecular formula is C17H18N4O2S. The van der Waals surface area contributed by atoms with Gasteiger partial charge in [0.2, 0.25) is 0 Å². The number of amides is 1. The van der Waals surface area contributed by atoms with Gasteiger partial charge in [0.15, 0.2) is 4.96 Å².